The lowest BCUT2D eigenvalue weighted by Crippen LogP contribution is -2.05. The molecule has 0 fully saturated rings. The van der Waals surface area contributed by atoms with E-state index in [1.54, 1.807) is 12.1 Å². The Morgan fingerprint density at radius 2 is 2.38 bits per heavy atom. The van der Waals surface area contributed by atoms with E-state index in [9.17, 15) is 9.90 Å². The molecule has 2 heterocycles. The molecule has 0 aliphatic carbocycles. The number of ether oxygens (including phenoxy) is 1. The number of fused-ring (bicyclic) bond motifs is 1. The highest BCUT2D eigenvalue weighted by atomic mass is 32.1. The number of hydrogen-bond acceptors (Lipinski definition) is 5. The average Bonchev–Trinajstić information content (AvgIpc) is 2.33. The number of esters is 1. The maximum atomic E-state index is 11.3. The summed E-state index contributed by atoms with van der Waals surface area (Å²) in [5.74, 6) is -0.938. The lowest BCUT2D eigenvalue weighted by Gasteiger charge is -2.05. The van der Waals surface area contributed by atoms with Crippen LogP contribution in [0.2, 0.25) is 0 Å². The van der Waals surface area contributed by atoms with Crippen LogP contribution in [0.15, 0.2) is 18.3 Å². The number of pyridine rings is 2. The van der Waals surface area contributed by atoms with Crippen LogP contribution in [0.1, 0.15) is 10.5 Å². The number of methoxy groups -OCH3 is 1. The number of aromatic amines is 1. The van der Waals surface area contributed by atoms with Crippen LogP contribution in [0.3, 0.4) is 0 Å². The number of rotatable bonds is 1. The van der Waals surface area contributed by atoms with Gasteiger partial charge in [0.05, 0.1) is 7.11 Å². The van der Waals surface area contributed by atoms with Crippen molar-refractivity contribution in [3.05, 3.63) is 28.7 Å². The van der Waals surface area contributed by atoms with Crippen molar-refractivity contribution in [3.8, 4) is 5.75 Å². The lowest BCUT2D eigenvalue weighted by atomic mass is 10.2. The molecule has 0 atom stereocenters. The SMILES string of the molecule is COC(=O)c1[nH]c(=S)c2cccnc2c1O. The number of nitrogens with zero attached hydrogens (tertiary/aromatic N) is 1. The first-order valence-electron chi connectivity index (χ1n) is 4.43. The van der Waals surface area contributed by atoms with Crippen molar-refractivity contribution in [1.29, 1.82) is 0 Å². The summed E-state index contributed by atoms with van der Waals surface area (Å²) in [6, 6.07) is 3.41. The van der Waals surface area contributed by atoms with Gasteiger partial charge >= 0.3 is 5.97 Å². The standard InChI is InChI=1S/C10H8N2O3S/c1-15-10(14)7-8(13)6-5(9(16)12-7)3-2-4-11-6/h2-4,13H,1H3,(H,12,16). The Morgan fingerprint density at radius 3 is 3.06 bits per heavy atom. The van der Waals surface area contributed by atoms with Gasteiger partial charge in [0.2, 0.25) is 0 Å². The fraction of sp³-hybridized carbons (Fsp3) is 0.100. The number of aromatic nitrogens is 2. The summed E-state index contributed by atoms with van der Waals surface area (Å²) in [6.07, 6.45) is 1.51. The van der Waals surface area contributed by atoms with Crippen molar-refractivity contribution in [1.82, 2.24) is 9.97 Å². The lowest BCUT2D eigenvalue weighted by molar-refractivity contribution is 0.0590. The Morgan fingerprint density at radius 1 is 1.62 bits per heavy atom. The van der Waals surface area contributed by atoms with Crippen LogP contribution in [0.4, 0.5) is 0 Å². The Labute approximate surface area is 95.7 Å². The fourth-order valence-corrected chi connectivity index (χ4v) is 1.65. The van der Waals surface area contributed by atoms with Crippen molar-refractivity contribution in [2.24, 2.45) is 0 Å². The number of nitrogens with one attached hydrogen (secondary N) is 1. The number of carbonyl (C=O) groups excluding carboxylic acids is 1. The molecular weight excluding hydrogens is 228 g/mol. The van der Waals surface area contributed by atoms with Gasteiger partial charge in [-0.05, 0) is 12.1 Å². The molecule has 0 spiro atoms. The van der Waals surface area contributed by atoms with E-state index in [2.05, 4.69) is 14.7 Å². The second-order valence-electron chi connectivity index (χ2n) is 3.07. The summed E-state index contributed by atoms with van der Waals surface area (Å²) >= 11 is 5.05. The molecule has 0 aliphatic heterocycles. The molecule has 6 heteroatoms. The molecule has 2 aromatic rings. The molecule has 0 unspecified atom stereocenters. The van der Waals surface area contributed by atoms with Crippen LogP contribution in [0.25, 0.3) is 10.9 Å². The molecule has 0 aliphatic rings. The maximum Gasteiger partial charge on any atom is 0.358 e. The predicted molar refractivity (Wildman–Crippen MR) is 59.9 cm³/mol. The minimum Gasteiger partial charge on any atom is -0.504 e. The maximum absolute atomic E-state index is 11.3. The van der Waals surface area contributed by atoms with Crippen LogP contribution in [-0.4, -0.2) is 28.2 Å². The third kappa shape index (κ3) is 1.53. The first-order valence-corrected chi connectivity index (χ1v) is 4.84. The van der Waals surface area contributed by atoms with Gasteiger partial charge < -0.3 is 14.8 Å². The quantitative estimate of drug-likeness (QED) is 0.583. The van der Waals surface area contributed by atoms with E-state index in [0.717, 1.165) is 0 Å². The van der Waals surface area contributed by atoms with E-state index in [-0.39, 0.29) is 17.0 Å². The van der Waals surface area contributed by atoms with Crippen LogP contribution >= 0.6 is 12.2 Å². The summed E-state index contributed by atoms with van der Waals surface area (Å²) in [6.45, 7) is 0. The zero-order valence-corrected chi connectivity index (χ0v) is 9.17. The van der Waals surface area contributed by atoms with Gasteiger partial charge in [-0.2, -0.15) is 0 Å². The van der Waals surface area contributed by atoms with Crippen molar-refractivity contribution in [3.63, 3.8) is 0 Å². The second kappa shape index (κ2) is 3.90. The van der Waals surface area contributed by atoms with E-state index >= 15 is 0 Å². The summed E-state index contributed by atoms with van der Waals surface area (Å²) in [5, 5.41) is 10.4. The van der Waals surface area contributed by atoms with Crippen LogP contribution in [0.5, 0.6) is 5.75 Å². The largest absolute Gasteiger partial charge is 0.504 e. The van der Waals surface area contributed by atoms with Crippen molar-refractivity contribution in [2.75, 3.05) is 7.11 Å². The van der Waals surface area contributed by atoms with E-state index in [4.69, 9.17) is 12.2 Å². The first-order chi connectivity index (χ1) is 7.65. The van der Waals surface area contributed by atoms with Gasteiger partial charge in [0.1, 0.15) is 10.2 Å². The highest BCUT2D eigenvalue weighted by Gasteiger charge is 2.16. The van der Waals surface area contributed by atoms with Gasteiger partial charge in [0.25, 0.3) is 0 Å². The highest BCUT2D eigenvalue weighted by molar-refractivity contribution is 7.71. The summed E-state index contributed by atoms with van der Waals surface area (Å²) in [5.41, 5.74) is 0.199. The smallest absolute Gasteiger partial charge is 0.358 e. The Kier molecular flexibility index (Phi) is 2.57. The third-order valence-electron chi connectivity index (χ3n) is 2.14. The van der Waals surface area contributed by atoms with Gasteiger partial charge in [-0.25, -0.2) is 4.79 Å². The van der Waals surface area contributed by atoms with E-state index in [0.29, 0.717) is 10.0 Å². The molecule has 2 aromatic heterocycles. The van der Waals surface area contributed by atoms with Crippen LogP contribution in [-0.2, 0) is 4.74 Å². The summed E-state index contributed by atoms with van der Waals surface area (Å²) in [7, 11) is 1.22. The van der Waals surface area contributed by atoms with Crippen molar-refractivity contribution in [2.45, 2.75) is 0 Å². The van der Waals surface area contributed by atoms with Gasteiger partial charge in [0, 0.05) is 11.6 Å². The second-order valence-corrected chi connectivity index (χ2v) is 3.48. The molecule has 5 nitrogen and oxygen atoms in total. The monoisotopic (exact) mass is 236 g/mol. The molecule has 0 aromatic carbocycles. The number of carbonyl (C=O) groups is 1. The molecule has 2 N–H and O–H groups in total. The molecule has 0 bridgehead atoms. The third-order valence-corrected chi connectivity index (χ3v) is 2.46. The van der Waals surface area contributed by atoms with Gasteiger partial charge in [-0.15, -0.1) is 0 Å². The van der Waals surface area contributed by atoms with Crippen molar-refractivity contribution < 1.29 is 14.6 Å². The van der Waals surface area contributed by atoms with Crippen LogP contribution < -0.4 is 0 Å². The zero-order valence-electron chi connectivity index (χ0n) is 8.35. The topological polar surface area (TPSA) is 75.2 Å². The summed E-state index contributed by atoms with van der Waals surface area (Å²) in [4.78, 5) is 17.9. The molecule has 2 rings (SSSR count). The molecular formula is C10H8N2O3S. The van der Waals surface area contributed by atoms with Crippen LogP contribution in [0, 0.1) is 4.64 Å². The Hall–Kier alpha value is -1.95. The number of H-pyrrole nitrogens is 1. The minimum atomic E-state index is -0.684. The average molecular weight is 236 g/mol. The Balaban J connectivity index is 2.86. The number of aromatic hydroxyl groups is 1. The Bertz CT molecular complexity index is 621. The number of hydrogen-bond donors (Lipinski definition) is 2. The van der Waals surface area contributed by atoms with E-state index in [1.807, 2.05) is 0 Å². The fourth-order valence-electron chi connectivity index (χ4n) is 1.39. The zero-order chi connectivity index (χ0) is 11.7. The van der Waals surface area contributed by atoms with Gasteiger partial charge in [-0.1, -0.05) is 12.2 Å². The van der Waals surface area contributed by atoms with E-state index < -0.39 is 5.97 Å². The van der Waals surface area contributed by atoms with Gasteiger partial charge in [0.15, 0.2) is 11.4 Å². The van der Waals surface area contributed by atoms with Gasteiger partial charge in [-0.3, -0.25) is 4.98 Å². The normalized spacial score (nSPS) is 10.3. The van der Waals surface area contributed by atoms with E-state index in [1.165, 1.54) is 13.3 Å². The molecule has 0 radical (unpaired) electrons. The summed E-state index contributed by atoms with van der Waals surface area (Å²) < 4.78 is 4.85. The molecule has 0 amide bonds. The molecule has 82 valence electrons. The highest BCUT2D eigenvalue weighted by Crippen LogP contribution is 2.26. The first kappa shape index (κ1) is 10.6. The molecule has 0 saturated heterocycles. The predicted octanol–water partition coefficient (Wildman–Crippen LogP) is 1.78. The minimum absolute atomic E-state index is 0.0845. The van der Waals surface area contributed by atoms with Crippen molar-refractivity contribution >= 4 is 29.1 Å². The molecule has 0 saturated carbocycles. The molecule has 16 heavy (non-hydrogen) atoms.